The van der Waals surface area contributed by atoms with Crippen LogP contribution in [0.25, 0.3) is 0 Å². The van der Waals surface area contributed by atoms with E-state index in [1.807, 2.05) is 55.5 Å². The van der Waals surface area contributed by atoms with Crippen molar-refractivity contribution in [3.8, 4) is 5.75 Å². The monoisotopic (exact) mass is 610 g/mol. The first-order valence-corrected chi connectivity index (χ1v) is 15.9. The van der Waals surface area contributed by atoms with Crippen LogP contribution in [0.15, 0.2) is 84.9 Å². The third kappa shape index (κ3) is 8.50. The summed E-state index contributed by atoms with van der Waals surface area (Å²) in [5.41, 5.74) is 2.45. The molecule has 0 aromatic heterocycles. The highest BCUT2D eigenvalue weighted by Gasteiger charge is 2.34. The molecule has 45 heavy (non-hydrogen) atoms. The number of benzene rings is 3. The van der Waals surface area contributed by atoms with E-state index >= 15 is 0 Å². The Balaban J connectivity index is 1.36. The number of piperidine rings is 1. The molecule has 3 aromatic rings. The lowest BCUT2D eigenvalue weighted by Gasteiger charge is -2.35. The molecular formula is C36H42N4O5. The molecule has 0 radical (unpaired) electrons. The number of likely N-dealkylation sites (tertiary alicyclic amines) is 1. The van der Waals surface area contributed by atoms with Gasteiger partial charge in [0, 0.05) is 26.1 Å². The normalized spacial score (nSPS) is 20.3. The Morgan fingerprint density at radius 3 is 2.09 bits per heavy atom. The van der Waals surface area contributed by atoms with Crippen LogP contribution in [-0.2, 0) is 27.2 Å². The Morgan fingerprint density at radius 2 is 1.42 bits per heavy atom. The molecular weight excluding hydrogens is 568 g/mol. The predicted molar refractivity (Wildman–Crippen MR) is 172 cm³/mol. The maximum absolute atomic E-state index is 13.9. The number of hydrogen-bond donors (Lipinski definition) is 2. The third-order valence-corrected chi connectivity index (χ3v) is 8.65. The molecule has 2 atom stereocenters. The van der Waals surface area contributed by atoms with E-state index in [-0.39, 0.29) is 37.0 Å². The van der Waals surface area contributed by atoms with Crippen molar-refractivity contribution >= 4 is 23.6 Å². The van der Waals surface area contributed by atoms with Gasteiger partial charge in [-0.3, -0.25) is 19.2 Å². The lowest BCUT2D eigenvalue weighted by molar-refractivity contribution is -0.138. The molecule has 2 aliphatic heterocycles. The van der Waals surface area contributed by atoms with Crippen molar-refractivity contribution in [2.24, 2.45) is 5.92 Å². The number of rotatable bonds is 6. The molecule has 0 unspecified atom stereocenters. The van der Waals surface area contributed by atoms with Gasteiger partial charge < -0.3 is 25.2 Å². The molecule has 236 valence electrons. The number of nitrogens with zero attached hydrogens (tertiary/aromatic N) is 2. The van der Waals surface area contributed by atoms with Gasteiger partial charge in [-0.25, -0.2) is 0 Å². The number of hydrogen-bond acceptors (Lipinski definition) is 5. The maximum Gasteiger partial charge on any atom is 0.255 e. The second-order valence-corrected chi connectivity index (χ2v) is 11.8. The number of amides is 4. The quantitative estimate of drug-likeness (QED) is 0.444. The Kier molecular flexibility index (Phi) is 10.8. The molecule has 2 heterocycles. The molecule has 0 spiro atoms. The van der Waals surface area contributed by atoms with Crippen LogP contribution in [-0.4, -0.2) is 78.3 Å². The van der Waals surface area contributed by atoms with E-state index in [1.165, 1.54) is 5.56 Å². The Bertz CT molecular complexity index is 1460. The van der Waals surface area contributed by atoms with Gasteiger partial charge in [0.2, 0.25) is 17.7 Å². The Hall–Kier alpha value is -4.66. The molecule has 0 aliphatic carbocycles. The summed E-state index contributed by atoms with van der Waals surface area (Å²) in [6.45, 7) is 3.84. The number of carbonyl (C=O) groups excluding carboxylic acids is 4. The summed E-state index contributed by atoms with van der Waals surface area (Å²) in [7, 11) is 0. The maximum atomic E-state index is 13.9. The summed E-state index contributed by atoms with van der Waals surface area (Å²) in [5, 5.41) is 5.73. The molecule has 5 rings (SSSR count). The molecule has 1 saturated heterocycles. The van der Waals surface area contributed by atoms with Gasteiger partial charge >= 0.3 is 0 Å². The van der Waals surface area contributed by atoms with Gasteiger partial charge in [0.25, 0.3) is 5.91 Å². The molecule has 4 amide bonds. The first-order valence-electron chi connectivity index (χ1n) is 15.9. The van der Waals surface area contributed by atoms with Crippen molar-refractivity contribution < 1.29 is 23.9 Å². The first kappa shape index (κ1) is 31.8. The molecule has 9 nitrogen and oxygen atoms in total. The van der Waals surface area contributed by atoms with Crippen LogP contribution < -0.4 is 15.4 Å². The second kappa shape index (κ2) is 15.4. The molecule has 2 N–H and O–H groups in total. The van der Waals surface area contributed by atoms with Gasteiger partial charge in [-0.2, -0.15) is 0 Å². The van der Waals surface area contributed by atoms with Crippen LogP contribution >= 0.6 is 0 Å². The minimum absolute atomic E-state index is 0.163. The summed E-state index contributed by atoms with van der Waals surface area (Å²) < 4.78 is 5.99. The zero-order valence-electron chi connectivity index (χ0n) is 25.8. The highest BCUT2D eigenvalue weighted by molar-refractivity contribution is 6.01. The number of carbonyl (C=O) groups is 4. The summed E-state index contributed by atoms with van der Waals surface area (Å²) in [4.78, 5) is 58.2. The number of ether oxygens (including phenoxy) is 1. The van der Waals surface area contributed by atoms with Gasteiger partial charge in [0.15, 0.2) is 0 Å². The largest absolute Gasteiger partial charge is 0.491 e. The van der Waals surface area contributed by atoms with Crippen LogP contribution in [0.3, 0.4) is 0 Å². The molecule has 0 bridgehead atoms. The number of fused-ring (bicyclic) bond motifs is 1. The molecule has 2 aliphatic rings. The van der Waals surface area contributed by atoms with Crippen molar-refractivity contribution in [1.82, 2.24) is 20.4 Å². The zero-order chi connectivity index (χ0) is 31.6. The van der Waals surface area contributed by atoms with E-state index < -0.39 is 23.9 Å². The van der Waals surface area contributed by atoms with Gasteiger partial charge in [-0.1, -0.05) is 72.8 Å². The van der Waals surface area contributed by atoms with E-state index in [0.717, 1.165) is 24.8 Å². The molecule has 0 saturated carbocycles. The summed E-state index contributed by atoms with van der Waals surface area (Å²) in [5.74, 6) is -0.682. The van der Waals surface area contributed by atoms with E-state index in [4.69, 9.17) is 4.74 Å². The van der Waals surface area contributed by atoms with Crippen molar-refractivity contribution in [2.75, 3.05) is 32.8 Å². The van der Waals surface area contributed by atoms with Crippen LogP contribution in [0.1, 0.15) is 47.7 Å². The van der Waals surface area contributed by atoms with Crippen molar-refractivity contribution in [1.29, 1.82) is 0 Å². The summed E-state index contributed by atoms with van der Waals surface area (Å²) in [6.07, 6.45) is 2.64. The van der Waals surface area contributed by atoms with Crippen LogP contribution in [0.4, 0.5) is 0 Å². The fraction of sp³-hybridized carbons (Fsp3) is 0.389. The predicted octanol–water partition coefficient (Wildman–Crippen LogP) is 3.62. The smallest absolute Gasteiger partial charge is 0.255 e. The van der Waals surface area contributed by atoms with E-state index in [9.17, 15) is 19.2 Å². The highest BCUT2D eigenvalue weighted by atomic mass is 16.5. The zero-order valence-corrected chi connectivity index (χ0v) is 25.8. The minimum atomic E-state index is -1.10. The average molecular weight is 611 g/mol. The van der Waals surface area contributed by atoms with Crippen LogP contribution in [0.5, 0.6) is 5.75 Å². The van der Waals surface area contributed by atoms with E-state index in [2.05, 4.69) is 22.8 Å². The first-order chi connectivity index (χ1) is 21.9. The third-order valence-electron chi connectivity index (χ3n) is 8.65. The lowest BCUT2D eigenvalue weighted by atomic mass is 9.90. The minimum Gasteiger partial charge on any atom is -0.491 e. The van der Waals surface area contributed by atoms with Crippen molar-refractivity contribution in [3.63, 3.8) is 0 Å². The fourth-order valence-electron chi connectivity index (χ4n) is 6.14. The van der Waals surface area contributed by atoms with E-state index in [0.29, 0.717) is 37.7 Å². The standard InChI is InChI=1S/C36H42N4O5/c1-2-39-21-22-45-32-16-10-9-15-29(32)34(42)38-31(25-33(41)37-30(35(39)43)24-27-13-7-4-8-14-27)36(44)40-19-17-28(18-20-40)23-26-11-5-3-6-12-26/h3-16,28,30-31H,2,17-25H2,1H3,(H,37,41)(H,38,42)/t30-,31+/m1/s1. The summed E-state index contributed by atoms with van der Waals surface area (Å²) >= 11 is 0. The van der Waals surface area contributed by atoms with Crippen molar-refractivity contribution in [2.45, 2.75) is 51.1 Å². The van der Waals surface area contributed by atoms with Crippen LogP contribution in [0.2, 0.25) is 0 Å². The van der Waals surface area contributed by atoms with Gasteiger partial charge in [0.1, 0.15) is 24.4 Å². The highest BCUT2D eigenvalue weighted by Crippen LogP contribution is 2.23. The fourth-order valence-corrected chi connectivity index (χ4v) is 6.14. The summed E-state index contributed by atoms with van der Waals surface area (Å²) in [6, 6.07) is 24.7. The number of likely N-dealkylation sites (N-methyl/N-ethyl adjacent to an activating group) is 1. The van der Waals surface area contributed by atoms with Gasteiger partial charge in [-0.15, -0.1) is 0 Å². The van der Waals surface area contributed by atoms with E-state index in [1.54, 1.807) is 34.1 Å². The Labute approximate surface area is 264 Å². The molecule has 1 fully saturated rings. The Morgan fingerprint density at radius 1 is 0.800 bits per heavy atom. The number of para-hydroxylation sites is 1. The number of nitrogens with one attached hydrogen (secondary N) is 2. The van der Waals surface area contributed by atoms with Crippen molar-refractivity contribution in [3.05, 3.63) is 102 Å². The second-order valence-electron chi connectivity index (χ2n) is 11.8. The topological polar surface area (TPSA) is 108 Å². The SMILES string of the molecule is CCN1CCOc2ccccc2C(=O)N[C@H](C(=O)N2CCC(Cc3ccccc3)CC2)CC(=O)N[C@H](Cc2ccccc2)C1=O. The van der Waals surface area contributed by atoms with Gasteiger partial charge in [-0.05, 0) is 55.4 Å². The molecule has 3 aromatic carbocycles. The van der Waals surface area contributed by atoms with Gasteiger partial charge in [0.05, 0.1) is 18.5 Å². The average Bonchev–Trinajstić information content (AvgIpc) is 3.06. The molecule has 9 heteroatoms. The van der Waals surface area contributed by atoms with Crippen LogP contribution in [0, 0.1) is 5.92 Å². The lowest BCUT2D eigenvalue weighted by Crippen LogP contribution is -2.55.